The zero-order valence-corrected chi connectivity index (χ0v) is 11.4. The van der Waals surface area contributed by atoms with Gasteiger partial charge < -0.3 is 9.52 Å². The van der Waals surface area contributed by atoms with Gasteiger partial charge in [-0.2, -0.15) is 10.2 Å². The molecule has 6 heteroatoms. The number of hydrogen-bond acceptors (Lipinski definition) is 5. The van der Waals surface area contributed by atoms with Crippen molar-refractivity contribution in [1.82, 2.24) is 15.2 Å². The van der Waals surface area contributed by atoms with Gasteiger partial charge in [0.05, 0.1) is 5.69 Å². The maximum atomic E-state index is 10.8. The minimum absolute atomic E-state index is 0.108. The van der Waals surface area contributed by atoms with Crippen molar-refractivity contribution in [3.8, 4) is 11.5 Å². The first kappa shape index (κ1) is 13.7. The quantitative estimate of drug-likeness (QED) is 0.795. The molecule has 0 fully saturated rings. The highest BCUT2D eigenvalue weighted by molar-refractivity contribution is 5.85. The lowest BCUT2D eigenvalue weighted by Crippen LogP contribution is -1.91. The lowest BCUT2D eigenvalue weighted by atomic mass is 10.2. The lowest BCUT2D eigenvalue weighted by Gasteiger charge is -1.97. The van der Waals surface area contributed by atoms with Crippen molar-refractivity contribution in [3.63, 3.8) is 0 Å². The second kappa shape index (κ2) is 6.01. The van der Waals surface area contributed by atoms with E-state index in [4.69, 9.17) is 9.52 Å². The van der Waals surface area contributed by atoms with E-state index in [-0.39, 0.29) is 5.76 Å². The summed E-state index contributed by atoms with van der Waals surface area (Å²) in [6.07, 6.45) is 6.98. The smallest absolute Gasteiger partial charge is 0.371 e. The van der Waals surface area contributed by atoms with Gasteiger partial charge >= 0.3 is 5.97 Å². The Morgan fingerprint density at radius 3 is 2.68 bits per heavy atom. The maximum Gasteiger partial charge on any atom is 0.371 e. The van der Waals surface area contributed by atoms with Crippen molar-refractivity contribution >= 4 is 18.1 Å². The summed E-state index contributed by atoms with van der Waals surface area (Å²) in [5.41, 5.74) is 2.22. The first-order valence-corrected chi connectivity index (χ1v) is 6.48. The van der Waals surface area contributed by atoms with Gasteiger partial charge in [-0.3, -0.25) is 4.98 Å². The second-order valence-corrected chi connectivity index (χ2v) is 4.43. The second-order valence-electron chi connectivity index (χ2n) is 4.43. The van der Waals surface area contributed by atoms with Gasteiger partial charge in [0.25, 0.3) is 0 Å². The van der Waals surface area contributed by atoms with Crippen LogP contribution in [-0.4, -0.2) is 26.3 Å². The largest absolute Gasteiger partial charge is 0.475 e. The van der Waals surface area contributed by atoms with E-state index in [2.05, 4.69) is 15.2 Å². The van der Waals surface area contributed by atoms with Crippen LogP contribution < -0.4 is 0 Å². The summed E-state index contributed by atoms with van der Waals surface area (Å²) in [7, 11) is 0. The van der Waals surface area contributed by atoms with Gasteiger partial charge in [-0.1, -0.05) is 12.1 Å². The number of rotatable bonds is 4. The van der Waals surface area contributed by atoms with E-state index in [1.54, 1.807) is 24.5 Å². The highest BCUT2D eigenvalue weighted by atomic mass is 16.4. The number of carboxylic acids is 1. The molecule has 0 spiro atoms. The molecule has 108 valence electrons. The number of hydrogen-bond donors (Lipinski definition) is 1. The van der Waals surface area contributed by atoms with E-state index < -0.39 is 5.97 Å². The zero-order chi connectivity index (χ0) is 15.4. The van der Waals surface area contributed by atoms with Crippen LogP contribution in [0.2, 0.25) is 0 Å². The van der Waals surface area contributed by atoms with Gasteiger partial charge in [0.15, 0.2) is 5.76 Å². The molecule has 0 aliphatic carbocycles. The Morgan fingerprint density at radius 2 is 2.05 bits per heavy atom. The molecule has 0 saturated heterocycles. The van der Waals surface area contributed by atoms with E-state index in [9.17, 15) is 4.79 Å². The first-order chi connectivity index (χ1) is 10.7. The van der Waals surface area contributed by atoms with Crippen molar-refractivity contribution in [2.45, 2.75) is 0 Å². The molecule has 0 unspecified atom stereocenters. The van der Waals surface area contributed by atoms with Gasteiger partial charge in [0.2, 0.25) is 5.76 Å². The maximum absolute atomic E-state index is 10.8. The van der Waals surface area contributed by atoms with Crippen LogP contribution in [0.1, 0.15) is 21.8 Å². The molecule has 3 heterocycles. The molecule has 0 saturated carbocycles. The van der Waals surface area contributed by atoms with Crippen molar-refractivity contribution < 1.29 is 14.3 Å². The van der Waals surface area contributed by atoms with Crippen molar-refractivity contribution in [1.29, 1.82) is 0 Å². The van der Waals surface area contributed by atoms with Crippen LogP contribution in [-0.2, 0) is 0 Å². The molecule has 3 aromatic rings. The molecule has 0 aliphatic rings. The molecule has 0 bridgehead atoms. The Bertz CT molecular complexity index is 808. The number of carboxylic acid groups (broad SMARTS) is 1. The summed E-state index contributed by atoms with van der Waals surface area (Å²) in [5.74, 6) is -0.792. The highest BCUT2D eigenvalue weighted by Crippen LogP contribution is 2.20. The number of carbonyl (C=O) groups is 1. The molecule has 3 rings (SSSR count). The number of aromatic carboxylic acids is 1. The van der Waals surface area contributed by atoms with Gasteiger partial charge in [-0.15, -0.1) is 0 Å². The summed E-state index contributed by atoms with van der Waals surface area (Å²) in [6.45, 7) is 0. The summed E-state index contributed by atoms with van der Waals surface area (Å²) >= 11 is 0. The number of pyridine rings is 1. The van der Waals surface area contributed by atoms with Crippen molar-refractivity contribution in [2.75, 3.05) is 0 Å². The van der Waals surface area contributed by atoms with Crippen LogP contribution in [0.5, 0.6) is 0 Å². The van der Waals surface area contributed by atoms with Crippen LogP contribution in [0.4, 0.5) is 0 Å². The van der Waals surface area contributed by atoms with E-state index in [0.29, 0.717) is 11.5 Å². The Hall–Kier alpha value is -3.28. The third-order valence-electron chi connectivity index (χ3n) is 2.90. The van der Waals surface area contributed by atoms with E-state index in [1.165, 1.54) is 6.07 Å². The summed E-state index contributed by atoms with van der Waals surface area (Å²) in [6, 6.07) is 10.3. The molecular weight excluding hydrogens is 282 g/mol. The number of aromatic nitrogens is 3. The third-order valence-corrected chi connectivity index (χ3v) is 2.90. The summed E-state index contributed by atoms with van der Waals surface area (Å²) < 4.78 is 5.20. The molecular formula is C16H11N3O3. The van der Waals surface area contributed by atoms with E-state index >= 15 is 0 Å². The summed E-state index contributed by atoms with van der Waals surface area (Å²) in [5, 5.41) is 16.6. The normalized spacial score (nSPS) is 10.9. The average molecular weight is 293 g/mol. The molecule has 0 radical (unpaired) electrons. The molecule has 6 nitrogen and oxygen atoms in total. The number of nitrogens with zero attached hydrogens (tertiary/aromatic N) is 3. The predicted molar refractivity (Wildman–Crippen MR) is 79.9 cm³/mol. The van der Waals surface area contributed by atoms with Crippen molar-refractivity contribution in [3.05, 3.63) is 65.8 Å². The van der Waals surface area contributed by atoms with E-state index in [0.717, 1.165) is 11.3 Å². The monoisotopic (exact) mass is 293 g/mol. The fourth-order valence-corrected chi connectivity index (χ4v) is 1.82. The molecule has 0 amide bonds. The van der Waals surface area contributed by atoms with Crippen LogP contribution in [0.15, 0.2) is 53.2 Å². The third kappa shape index (κ3) is 3.06. The molecule has 0 aromatic carbocycles. The summed E-state index contributed by atoms with van der Waals surface area (Å²) in [4.78, 5) is 15.0. The fraction of sp³-hybridized carbons (Fsp3) is 0. The Balaban J connectivity index is 1.77. The van der Waals surface area contributed by atoms with Crippen LogP contribution in [0, 0.1) is 0 Å². The zero-order valence-electron chi connectivity index (χ0n) is 11.4. The van der Waals surface area contributed by atoms with Crippen LogP contribution in [0.25, 0.3) is 23.6 Å². The van der Waals surface area contributed by atoms with Crippen LogP contribution >= 0.6 is 0 Å². The Kier molecular flexibility index (Phi) is 3.74. The lowest BCUT2D eigenvalue weighted by molar-refractivity contribution is 0.0663. The van der Waals surface area contributed by atoms with Gasteiger partial charge in [0.1, 0.15) is 5.69 Å². The SMILES string of the molecule is O=C(O)c1ccc(-c2ccc(/C=C/c3cccnn3)cn2)o1. The van der Waals surface area contributed by atoms with Crippen LogP contribution in [0.3, 0.4) is 0 Å². The molecule has 3 aromatic heterocycles. The minimum atomic E-state index is -1.10. The topological polar surface area (TPSA) is 89.1 Å². The van der Waals surface area contributed by atoms with Gasteiger partial charge in [-0.05, 0) is 42.0 Å². The molecule has 0 atom stereocenters. The van der Waals surface area contributed by atoms with E-state index in [1.807, 2.05) is 30.4 Å². The molecule has 1 N–H and O–H groups in total. The average Bonchev–Trinajstić information content (AvgIpc) is 3.05. The standard InChI is InChI=1S/C16H11N3O3/c20-16(21)15-8-7-14(22-15)13-6-4-11(10-17-13)3-5-12-2-1-9-18-19-12/h1-10H,(H,20,21)/b5-3+. The molecule has 22 heavy (non-hydrogen) atoms. The number of furan rings is 1. The Labute approximate surface area is 125 Å². The predicted octanol–water partition coefficient (Wildman–Crippen LogP) is 3.00. The highest BCUT2D eigenvalue weighted by Gasteiger charge is 2.10. The van der Waals surface area contributed by atoms with Gasteiger partial charge in [-0.25, -0.2) is 4.79 Å². The Morgan fingerprint density at radius 1 is 1.14 bits per heavy atom. The molecule has 0 aliphatic heterocycles. The first-order valence-electron chi connectivity index (χ1n) is 6.48. The minimum Gasteiger partial charge on any atom is -0.475 e. The fourth-order valence-electron chi connectivity index (χ4n) is 1.82. The van der Waals surface area contributed by atoms with Gasteiger partial charge in [0, 0.05) is 12.4 Å². The van der Waals surface area contributed by atoms with Crippen molar-refractivity contribution in [2.24, 2.45) is 0 Å².